The molecule has 0 aromatic heterocycles. The minimum absolute atomic E-state index is 0.298. The molecule has 27 heavy (non-hydrogen) atoms. The van der Waals surface area contributed by atoms with E-state index < -0.39 is 10.0 Å². The van der Waals surface area contributed by atoms with Gasteiger partial charge in [-0.3, -0.25) is 4.72 Å². The van der Waals surface area contributed by atoms with Crippen molar-refractivity contribution in [1.82, 2.24) is 0 Å². The number of nitrogens with one attached hydrogen (secondary N) is 2. The lowest BCUT2D eigenvalue weighted by molar-refractivity contribution is -0.880. The highest BCUT2D eigenvalue weighted by molar-refractivity contribution is 7.92. The molecule has 0 unspecified atom stereocenters. The summed E-state index contributed by atoms with van der Waals surface area (Å²) in [5.74, 6) is 0.426. The Labute approximate surface area is 163 Å². The fourth-order valence-electron chi connectivity index (χ4n) is 3.38. The van der Waals surface area contributed by atoms with E-state index in [0.717, 1.165) is 43.9 Å². The number of anilines is 2. The zero-order valence-electron chi connectivity index (χ0n) is 16.4. The van der Waals surface area contributed by atoms with Crippen LogP contribution in [0.1, 0.15) is 31.7 Å². The molecule has 1 heterocycles. The first kappa shape index (κ1) is 19.7. The van der Waals surface area contributed by atoms with Crippen LogP contribution in [-0.2, 0) is 10.0 Å². The molecule has 0 radical (unpaired) electrons. The van der Waals surface area contributed by atoms with Gasteiger partial charge in [0.1, 0.15) is 0 Å². The topological polar surface area (TPSA) is 53.9 Å². The van der Waals surface area contributed by atoms with Crippen molar-refractivity contribution >= 4 is 21.4 Å². The predicted octanol–water partition coefficient (Wildman–Crippen LogP) is 2.34. The smallest absolute Gasteiger partial charge is 0.261 e. The molecule has 2 aromatic carbocycles. The Hall–Kier alpha value is -2.05. The number of para-hydroxylation sites is 2. The van der Waals surface area contributed by atoms with Crippen LogP contribution in [0.25, 0.3) is 0 Å². The maximum atomic E-state index is 12.9. The van der Waals surface area contributed by atoms with Gasteiger partial charge in [0.25, 0.3) is 10.0 Å². The molecule has 0 aliphatic carbocycles. The first-order valence-corrected chi connectivity index (χ1v) is 11.2. The van der Waals surface area contributed by atoms with Crippen molar-refractivity contribution in [1.29, 1.82) is 0 Å². The largest absolute Gasteiger partial charge is 0.359 e. The summed E-state index contributed by atoms with van der Waals surface area (Å²) in [5.41, 5.74) is 2.75. The van der Waals surface area contributed by atoms with Gasteiger partial charge in [0, 0.05) is 0 Å². The number of hydrogen-bond donors (Lipinski definition) is 2. The second-order valence-corrected chi connectivity index (χ2v) is 9.13. The highest BCUT2D eigenvalue weighted by atomic mass is 32.2. The molecular formula is C21H30N3O2S+. The van der Waals surface area contributed by atoms with Gasteiger partial charge in [-0.2, -0.15) is 0 Å². The summed E-state index contributed by atoms with van der Waals surface area (Å²) in [7, 11) is -1.43. The molecule has 6 heteroatoms. The van der Waals surface area contributed by atoms with Crippen LogP contribution in [0.2, 0.25) is 0 Å². The van der Waals surface area contributed by atoms with Crippen molar-refractivity contribution in [2.75, 3.05) is 42.8 Å². The lowest BCUT2D eigenvalue weighted by Gasteiger charge is -2.33. The molecule has 0 spiro atoms. The Bertz CT molecular complexity index is 857. The predicted molar refractivity (Wildman–Crippen MR) is 111 cm³/mol. The highest BCUT2D eigenvalue weighted by Crippen LogP contribution is 2.28. The molecule has 2 N–H and O–H groups in total. The van der Waals surface area contributed by atoms with Gasteiger partial charge in [-0.1, -0.05) is 38.1 Å². The van der Waals surface area contributed by atoms with Gasteiger partial charge in [0.2, 0.25) is 0 Å². The van der Waals surface area contributed by atoms with Gasteiger partial charge >= 0.3 is 0 Å². The van der Waals surface area contributed by atoms with E-state index in [4.69, 9.17) is 0 Å². The third kappa shape index (κ3) is 4.62. The molecule has 3 rings (SSSR count). The number of benzene rings is 2. The van der Waals surface area contributed by atoms with Gasteiger partial charge < -0.3 is 9.80 Å². The van der Waals surface area contributed by atoms with Crippen molar-refractivity contribution in [3.05, 3.63) is 54.1 Å². The van der Waals surface area contributed by atoms with Crippen LogP contribution in [0, 0.1) is 0 Å². The van der Waals surface area contributed by atoms with Crippen molar-refractivity contribution < 1.29 is 13.3 Å². The van der Waals surface area contributed by atoms with Gasteiger partial charge in [-0.05, 0) is 42.2 Å². The van der Waals surface area contributed by atoms with E-state index in [1.165, 1.54) is 4.90 Å². The molecule has 0 saturated carbocycles. The van der Waals surface area contributed by atoms with E-state index >= 15 is 0 Å². The fraction of sp³-hybridized carbons (Fsp3) is 0.429. The van der Waals surface area contributed by atoms with Crippen LogP contribution in [0.4, 0.5) is 11.4 Å². The van der Waals surface area contributed by atoms with Crippen LogP contribution in [0.3, 0.4) is 0 Å². The molecule has 146 valence electrons. The van der Waals surface area contributed by atoms with E-state index in [2.05, 4.69) is 30.5 Å². The second-order valence-electron chi connectivity index (χ2n) is 7.45. The second kappa shape index (κ2) is 8.31. The Kier molecular flexibility index (Phi) is 6.07. The minimum Gasteiger partial charge on any atom is -0.359 e. The lowest BCUT2D eigenvalue weighted by atomic mass is 9.99. The molecule has 2 aromatic rings. The third-order valence-corrected chi connectivity index (χ3v) is 6.86. The van der Waals surface area contributed by atoms with Crippen molar-refractivity contribution in [3.8, 4) is 0 Å². The summed E-state index contributed by atoms with van der Waals surface area (Å²) < 4.78 is 28.6. The average molecular weight is 389 g/mol. The number of quaternary nitrogens is 1. The van der Waals surface area contributed by atoms with Gasteiger partial charge in [-0.15, -0.1) is 0 Å². The monoisotopic (exact) mass is 388 g/mol. The van der Waals surface area contributed by atoms with Crippen molar-refractivity contribution in [2.24, 2.45) is 0 Å². The maximum Gasteiger partial charge on any atom is 0.261 e. The van der Waals surface area contributed by atoms with E-state index in [1.807, 2.05) is 36.4 Å². The third-order valence-electron chi connectivity index (χ3n) is 5.48. The standard InChI is InChI=1S/C21H29N3O2S/c1-4-17(2)18-9-11-19(12-10-18)27(25,26)22-20-7-5-6-8-21(20)24-15-13-23(3)14-16-24/h5-12,17,22H,4,13-16H2,1-3H3/p+1/t17-/m1/s1. The molecule has 1 fully saturated rings. The first-order valence-electron chi connectivity index (χ1n) is 9.68. The number of hydrogen-bond acceptors (Lipinski definition) is 3. The summed E-state index contributed by atoms with van der Waals surface area (Å²) >= 11 is 0. The average Bonchev–Trinajstić information content (AvgIpc) is 2.68. The zero-order chi connectivity index (χ0) is 19.4. The molecule has 1 saturated heterocycles. The molecule has 0 amide bonds. The van der Waals surface area contributed by atoms with E-state index in [9.17, 15) is 8.42 Å². The molecule has 0 bridgehead atoms. The Balaban J connectivity index is 1.82. The molecule has 5 nitrogen and oxygen atoms in total. The van der Waals surface area contributed by atoms with Crippen LogP contribution >= 0.6 is 0 Å². The number of likely N-dealkylation sites (N-methyl/N-ethyl adjacent to an activating group) is 1. The highest BCUT2D eigenvalue weighted by Gasteiger charge is 2.22. The van der Waals surface area contributed by atoms with E-state index in [0.29, 0.717) is 16.5 Å². The van der Waals surface area contributed by atoms with Crippen LogP contribution < -0.4 is 14.5 Å². The fourth-order valence-corrected chi connectivity index (χ4v) is 4.45. The minimum atomic E-state index is -3.62. The van der Waals surface area contributed by atoms with Crippen LogP contribution in [0.15, 0.2) is 53.4 Å². The number of rotatable bonds is 6. The summed E-state index contributed by atoms with van der Waals surface area (Å²) in [5, 5.41) is 0. The number of sulfonamides is 1. The molecular weight excluding hydrogens is 358 g/mol. The lowest BCUT2D eigenvalue weighted by Crippen LogP contribution is -3.12. The Morgan fingerprint density at radius 1 is 1.07 bits per heavy atom. The van der Waals surface area contributed by atoms with E-state index in [-0.39, 0.29) is 0 Å². The van der Waals surface area contributed by atoms with Crippen molar-refractivity contribution in [2.45, 2.75) is 31.1 Å². The van der Waals surface area contributed by atoms with Gasteiger partial charge in [-0.25, -0.2) is 8.42 Å². The summed E-state index contributed by atoms with van der Waals surface area (Å²) in [6.45, 7) is 8.24. The molecule has 1 aliphatic heterocycles. The van der Waals surface area contributed by atoms with Crippen LogP contribution in [0.5, 0.6) is 0 Å². The Morgan fingerprint density at radius 2 is 1.70 bits per heavy atom. The molecule has 1 aliphatic rings. The zero-order valence-corrected chi connectivity index (χ0v) is 17.2. The van der Waals surface area contributed by atoms with Crippen LogP contribution in [-0.4, -0.2) is 41.6 Å². The summed E-state index contributed by atoms with van der Waals surface area (Å²) in [4.78, 5) is 4.06. The quantitative estimate of drug-likeness (QED) is 0.799. The number of piperazine rings is 1. The van der Waals surface area contributed by atoms with Crippen molar-refractivity contribution in [3.63, 3.8) is 0 Å². The first-order chi connectivity index (χ1) is 12.9. The summed E-state index contributed by atoms with van der Waals surface area (Å²) in [6.07, 6.45) is 1.03. The Morgan fingerprint density at radius 3 is 2.33 bits per heavy atom. The number of nitrogens with zero attached hydrogens (tertiary/aromatic N) is 1. The maximum absolute atomic E-state index is 12.9. The molecule has 1 atom stereocenters. The SMILES string of the molecule is CC[C@@H](C)c1ccc(S(=O)(=O)Nc2ccccc2N2CC[NH+](C)CC2)cc1. The normalized spacial score (nSPS) is 16.9. The van der Waals surface area contributed by atoms with E-state index in [1.54, 1.807) is 12.1 Å². The van der Waals surface area contributed by atoms with Gasteiger partial charge in [0.05, 0.1) is 49.5 Å². The van der Waals surface area contributed by atoms with Gasteiger partial charge in [0.15, 0.2) is 0 Å². The summed E-state index contributed by atoms with van der Waals surface area (Å²) in [6, 6.07) is 14.9.